The molecule has 2 fully saturated rings. The Kier molecular flexibility index (Phi) is 5.91. The number of rotatable bonds is 5. The Morgan fingerprint density at radius 1 is 1.03 bits per heavy atom. The molecule has 1 aliphatic heterocycles. The highest BCUT2D eigenvalue weighted by atomic mass is 35.5. The van der Waals surface area contributed by atoms with Gasteiger partial charge in [0, 0.05) is 29.1 Å². The number of amides is 1. The second-order valence-corrected chi connectivity index (χ2v) is 8.59. The zero-order valence-corrected chi connectivity index (χ0v) is 17.2. The number of hydrogen-bond donors (Lipinski definition) is 1. The maximum absolute atomic E-state index is 12.9. The molecule has 5 heteroatoms. The summed E-state index contributed by atoms with van der Waals surface area (Å²) < 4.78 is 0. The smallest absolute Gasteiger partial charge is 0.336 e. The Bertz CT molecular complexity index is 920. The third kappa shape index (κ3) is 4.18. The monoisotopic (exact) mass is 411 g/mol. The number of carboxylic acid groups (broad SMARTS) is 1. The first-order chi connectivity index (χ1) is 14.0. The third-order valence-electron chi connectivity index (χ3n) is 6.33. The van der Waals surface area contributed by atoms with Crippen molar-refractivity contribution in [2.24, 2.45) is 5.92 Å². The largest absolute Gasteiger partial charge is 0.478 e. The molecule has 0 spiro atoms. The number of likely N-dealkylation sites (tertiary alicyclic amines) is 1. The molecule has 2 aromatic carbocycles. The fourth-order valence-corrected chi connectivity index (χ4v) is 5.11. The summed E-state index contributed by atoms with van der Waals surface area (Å²) >= 11 is 6.52. The Morgan fingerprint density at radius 2 is 1.79 bits per heavy atom. The summed E-state index contributed by atoms with van der Waals surface area (Å²) in [7, 11) is 0. The van der Waals surface area contributed by atoms with Crippen molar-refractivity contribution in [1.82, 2.24) is 4.90 Å². The maximum atomic E-state index is 12.9. The molecule has 1 aliphatic carbocycles. The van der Waals surface area contributed by atoms with Crippen molar-refractivity contribution in [3.63, 3.8) is 0 Å². The Balaban J connectivity index is 1.49. The van der Waals surface area contributed by atoms with E-state index in [0.29, 0.717) is 28.6 Å². The Labute approximate surface area is 176 Å². The van der Waals surface area contributed by atoms with E-state index >= 15 is 0 Å². The first kappa shape index (κ1) is 20.0. The fourth-order valence-electron chi connectivity index (χ4n) is 4.80. The number of carbonyl (C=O) groups is 2. The summed E-state index contributed by atoms with van der Waals surface area (Å²) in [6, 6.07) is 13.0. The van der Waals surface area contributed by atoms with Crippen molar-refractivity contribution >= 4 is 23.5 Å². The highest BCUT2D eigenvalue weighted by molar-refractivity contribution is 6.33. The zero-order chi connectivity index (χ0) is 20.4. The number of aromatic carboxylic acids is 1. The minimum Gasteiger partial charge on any atom is -0.478 e. The number of halogens is 1. The average Bonchev–Trinajstić information content (AvgIpc) is 3.09. The first-order valence-corrected chi connectivity index (χ1v) is 10.8. The lowest BCUT2D eigenvalue weighted by atomic mass is 9.93. The summed E-state index contributed by atoms with van der Waals surface area (Å²) in [6.07, 6.45) is 7.61. The van der Waals surface area contributed by atoms with E-state index in [0.717, 1.165) is 31.4 Å². The lowest BCUT2D eigenvalue weighted by Crippen LogP contribution is -2.39. The zero-order valence-electron chi connectivity index (χ0n) is 16.4. The Morgan fingerprint density at radius 3 is 2.52 bits per heavy atom. The van der Waals surface area contributed by atoms with Gasteiger partial charge in [0.2, 0.25) is 5.91 Å². The van der Waals surface area contributed by atoms with Gasteiger partial charge in [-0.2, -0.15) is 0 Å². The van der Waals surface area contributed by atoms with Gasteiger partial charge in [-0.15, -0.1) is 0 Å². The van der Waals surface area contributed by atoms with Crippen LogP contribution in [0.25, 0.3) is 11.1 Å². The van der Waals surface area contributed by atoms with Gasteiger partial charge >= 0.3 is 5.97 Å². The molecule has 1 amide bonds. The number of benzene rings is 2. The highest BCUT2D eigenvalue weighted by Crippen LogP contribution is 2.34. The molecule has 4 rings (SSSR count). The maximum Gasteiger partial charge on any atom is 0.336 e. The van der Waals surface area contributed by atoms with Crippen LogP contribution in [0.1, 0.15) is 54.4 Å². The molecule has 4 nitrogen and oxygen atoms in total. The van der Waals surface area contributed by atoms with Crippen molar-refractivity contribution in [3.8, 4) is 11.1 Å². The van der Waals surface area contributed by atoms with Crippen LogP contribution in [0.4, 0.5) is 0 Å². The number of carbonyl (C=O) groups excluding carboxylic acids is 1. The molecule has 1 saturated carbocycles. The quantitative estimate of drug-likeness (QED) is 0.713. The van der Waals surface area contributed by atoms with Crippen LogP contribution in [0.2, 0.25) is 5.02 Å². The van der Waals surface area contributed by atoms with Gasteiger partial charge in [-0.25, -0.2) is 4.79 Å². The minimum atomic E-state index is -0.972. The molecule has 1 heterocycles. The first-order valence-electron chi connectivity index (χ1n) is 10.5. The van der Waals surface area contributed by atoms with Gasteiger partial charge in [0.1, 0.15) is 0 Å². The van der Waals surface area contributed by atoms with Crippen LogP contribution in [0, 0.1) is 5.92 Å². The van der Waals surface area contributed by atoms with Crippen molar-refractivity contribution < 1.29 is 14.7 Å². The van der Waals surface area contributed by atoms with E-state index in [1.54, 1.807) is 18.2 Å². The molecular formula is C24H26ClNO3. The van der Waals surface area contributed by atoms with Crippen molar-refractivity contribution in [2.45, 2.75) is 51.0 Å². The van der Waals surface area contributed by atoms with Gasteiger partial charge in [-0.05, 0) is 48.9 Å². The van der Waals surface area contributed by atoms with E-state index in [2.05, 4.69) is 4.90 Å². The molecular weight excluding hydrogens is 386 g/mol. The predicted molar refractivity (Wildman–Crippen MR) is 114 cm³/mol. The van der Waals surface area contributed by atoms with Crippen LogP contribution in [-0.4, -0.2) is 34.5 Å². The fraction of sp³-hybridized carbons (Fsp3) is 0.417. The number of nitrogens with zero attached hydrogens (tertiary/aromatic N) is 1. The van der Waals surface area contributed by atoms with E-state index in [9.17, 15) is 14.7 Å². The molecule has 2 aromatic rings. The van der Waals surface area contributed by atoms with Crippen LogP contribution in [0.3, 0.4) is 0 Å². The van der Waals surface area contributed by atoms with Gasteiger partial charge < -0.3 is 10.0 Å². The van der Waals surface area contributed by atoms with Crippen LogP contribution >= 0.6 is 11.6 Å². The molecule has 0 radical (unpaired) electrons. The van der Waals surface area contributed by atoms with Gasteiger partial charge in [0.25, 0.3) is 0 Å². The van der Waals surface area contributed by atoms with Crippen LogP contribution in [0.15, 0.2) is 42.5 Å². The van der Waals surface area contributed by atoms with E-state index < -0.39 is 5.97 Å². The normalized spacial score (nSPS) is 20.2. The molecule has 0 bridgehead atoms. The molecule has 1 atom stereocenters. The van der Waals surface area contributed by atoms with Crippen LogP contribution in [0.5, 0.6) is 0 Å². The topological polar surface area (TPSA) is 57.6 Å². The molecule has 2 aliphatic rings. The molecule has 1 unspecified atom stereocenters. The molecule has 152 valence electrons. The SMILES string of the molecule is O=C(O)c1ccccc1-c1ccc(CC2CCN(C3CCCCC3)C2=O)cc1Cl. The molecule has 29 heavy (non-hydrogen) atoms. The number of carboxylic acids is 1. The van der Waals surface area contributed by atoms with Crippen LogP contribution in [-0.2, 0) is 11.2 Å². The summed E-state index contributed by atoms with van der Waals surface area (Å²) in [6.45, 7) is 0.867. The molecule has 1 saturated heterocycles. The van der Waals surface area contributed by atoms with Crippen molar-refractivity contribution in [3.05, 3.63) is 58.6 Å². The van der Waals surface area contributed by atoms with Gasteiger partial charge in [-0.3, -0.25) is 4.79 Å². The summed E-state index contributed by atoms with van der Waals surface area (Å²) in [5.74, 6) is -0.668. The average molecular weight is 412 g/mol. The molecule has 0 aromatic heterocycles. The van der Waals surface area contributed by atoms with Gasteiger partial charge in [-0.1, -0.05) is 61.2 Å². The second-order valence-electron chi connectivity index (χ2n) is 8.18. The lowest BCUT2D eigenvalue weighted by molar-refractivity contribution is -0.133. The molecule has 1 N–H and O–H groups in total. The highest BCUT2D eigenvalue weighted by Gasteiger charge is 2.36. The van der Waals surface area contributed by atoms with Gasteiger partial charge in [0.15, 0.2) is 0 Å². The standard InChI is InChI=1S/C24H26ClNO3/c25-22-15-16(10-11-20(22)19-8-4-5-9-21(19)24(28)29)14-17-12-13-26(23(17)27)18-6-2-1-3-7-18/h4-5,8-11,15,17-18H,1-3,6-7,12-14H2,(H,28,29). The van der Waals surface area contributed by atoms with E-state index in [4.69, 9.17) is 11.6 Å². The van der Waals surface area contributed by atoms with Crippen LogP contribution < -0.4 is 0 Å². The minimum absolute atomic E-state index is 0.0187. The lowest BCUT2D eigenvalue weighted by Gasteiger charge is -2.31. The Hall–Kier alpha value is -2.33. The third-order valence-corrected chi connectivity index (χ3v) is 6.64. The summed E-state index contributed by atoms with van der Waals surface area (Å²) in [5, 5.41) is 9.96. The van der Waals surface area contributed by atoms with E-state index in [1.807, 2.05) is 24.3 Å². The predicted octanol–water partition coefficient (Wildman–Crippen LogP) is 5.43. The summed E-state index contributed by atoms with van der Waals surface area (Å²) in [4.78, 5) is 26.6. The van der Waals surface area contributed by atoms with Crippen molar-refractivity contribution in [1.29, 1.82) is 0 Å². The van der Waals surface area contributed by atoms with Crippen molar-refractivity contribution in [2.75, 3.05) is 6.54 Å². The van der Waals surface area contributed by atoms with E-state index in [1.165, 1.54) is 19.3 Å². The van der Waals surface area contributed by atoms with E-state index in [-0.39, 0.29) is 17.4 Å². The second kappa shape index (κ2) is 8.58. The number of hydrogen-bond acceptors (Lipinski definition) is 2. The van der Waals surface area contributed by atoms with Gasteiger partial charge in [0.05, 0.1) is 5.56 Å². The summed E-state index contributed by atoms with van der Waals surface area (Å²) in [5.41, 5.74) is 2.57.